The minimum Gasteiger partial charge on any atom is -0.424 e. The number of carbonyl (C=O) groups is 1. The van der Waals surface area contributed by atoms with Crippen molar-refractivity contribution in [3.63, 3.8) is 0 Å². The Kier molecular flexibility index (Phi) is 13.0. The van der Waals surface area contributed by atoms with E-state index in [2.05, 4.69) is 40.0 Å². The molecule has 0 spiro atoms. The van der Waals surface area contributed by atoms with Crippen molar-refractivity contribution in [3.8, 4) is 5.75 Å². The molecular formula is C26H37BrClNO2. The molecule has 0 unspecified atom stereocenters. The number of hydrogen-bond acceptors (Lipinski definition) is 2. The molecule has 0 saturated carbocycles. The summed E-state index contributed by atoms with van der Waals surface area (Å²) in [7, 11) is 0. The summed E-state index contributed by atoms with van der Waals surface area (Å²) in [5.41, 5.74) is 0.858. The lowest BCUT2D eigenvalue weighted by Gasteiger charge is -2.05. The van der Waals surface area contributed by atoms with Crippen LogP contribution in [0.2, 0.25) is 5.02 Å². The van der Waals surface area contributed by atoms with Crippen LogP contribution >= 0.6 is 27.5 Å². The van der Waals surface area contributed by atoms with Crippen molar-refractivity contribution < 1.29 is 9.53 Å². The molecule has 0 aliphatic carbocycles. The predicted molar refractivity (Wildman–Crippen MR) is 136 cm³/mol. The van der Waals surface area contributed by atoms with E-state index < -0.39 is 0 Å². The molecule has 1 aromatic carbocycles. The Morgan fingerprint density at radius 2 is 1.58 bits per heavy atom. The highest BCUT2D eigenvalue weighted by atomic mass is 79.9. The predicted octanol–water partition coefficient (Wildman–Crippen LogP) is 9.53. The Morgan fingerprint density at radius 3 is 2.26 bits per heavy atom. The number of hydrogen-bond donors (Lipinski definition) is 1. The summed E-state index contributed by atoms with van der Waals surface area (Å²) in [6, 6.07) is 3.78. The largest absolute Gasteiger partial charge is 0.424 e. The van der Waals surface area contributed by atoms with E-state index in [1.54, 1.807) is 6.20 Å². The van der Waals surface area contributed by atoms with Gasteiger partial charge in [-0.15, -0.1) is 0 Å². The highest BCUT2D eigenvalue weighted by Crippen LogP contribution is 2.37. The highest BCUT2D eigenvalue weighted by molar-refractivity contribution is 9.10. The van der Waals surface area contributed by atoms with E-state index in [0.29, 0.717) is 17.2 Å². The highest BCUT2D eigenvalue weighted by Gasteiger charge is 2.14. The number of carbonyl (C=O) groups excluding carboxylic acids is 1. The van der Waals surface area contributed by atoms with E-state index in [4.69, 9.17) is 16.3 Å². The zero-order valence-electron chi connectivity index (χ0n) is 18.9. The van der Waals surface area contributed by atoms with Crippen molar-refractivity contribution in [1.82, 2.24) is 4.98 Å². The van der Waals surface area contributed by atoms with Gasteiger partial charge in [-0.2, -0.15) is 0 Å². The standard InChI is InChI=1S/C26H37BrClNO2/c1-2-3-4-5-6-7-8-9-10-11-12-13-14-15-16-17-24(30)31-23-20-29-22-19-18-21(27)26(28)25(22)23/h9-10,18-20,29H,2-8,11-17H2,1H3/b10-9-. The van der Waals surface area contributed by atoms with Gasteiger partial charge in [-0.05, 0) is 60.2 Å². The summed E-state index contributed by atoms with van der Waals surface area (Å²) in [5.74, 6) is 0.300. The summed E-state index contributed by atoms with van der Waals surface area (Å²) in [5, 5.41) is 1.30. The first-order chi connectivity index (χ1) is 15.1. The third-order valence-electron chi connectivity index (χ3n) is 5.57. The summed E-state index contributed by atoms with van der Waals surface area (Å²) < 4.78 is 6.33. The summed E-state index contributed by atoms with van der Waals surface area (Å²) in [4.78, 5) is 15.3. The van der Waals surface area contributed by atoms with E-state index in [1.165, 1.54) is 70.6 Å². The third kappa shape index (κ3) is 9.82. The summed E-state index contributed by atoms with van der Waals surface area (Å²) in [6.45, 7) is 2.26. The molecule has 2 aromatic rings. The Hall–Kier alpha value is -1.26. The molecule has 0 aliphatic rings. The van der Waals surface area contributed by atoms with Crippen molar-refractivity contribution in [2.45, 2.75) is 96.8 Å². The van der Waals surface area contributed by atoms with Crippen LogP contribution in [0.25, 0.3) is 10.9 Å². The first-order valence-corrected chi connectivity index (χ1v) is 13.1. The van der Waals surface area contributed by atoms with Gasteiger partial charge in [-0.1, -0.05) is 82.0 Å². The number of esters is 1. The molecule has 172 valence electrons. The van der Waals surface area contributed by atoms with E-state index in [9.17, 15) is 4.79 Å². The maximum atomic E-state index is 12.2. The van der Waals surface area contributed by atoms with Gasteiger partial charge in [0.15, 0.2) is 5.75 Å². The average molecular weight is 511 g/mol. The van der Waals surface area contributed by atoms with Gasteiger partial charge in [0.25, 0.3) is 0 Å². The zero-order chi connectivity index (χ0) is 22.3. The van der Waals surface area contributed by atoms with Crippen LogP contribution in [0.5, 0.6) is 5.75 Å². The van der Waals surface area contributed by atoms with Crippen LogP contribution in [-0.4, -0.2) is 11.0 Å². The minimum atomic E-state index is -0.199. The number of halogens is 2. The Labute approximate surface area is 201 Å². The van der Waals surface area contributed by atoms with E-state index in [0.717, 1.165) is 28.2 Å². The second-order valence-electron chi connectivity index (χ2n) is 8.25. The lowest BCUT2D eigenvalue weighted by molar-refractivity contribution is -0.134. The number of aromatic nitrogens is 1. The zero-order valence-corrected chi connectivity index (χ0v) is 21.2. The number of ether oxygens (including phenoxy) is 1. The molecule has 0 atom stereocenters. The van der Waals surface area contributed by atoms with Crippen molar-refractivity contribution in [2.24, 2.45) is 0 Å². The number of nitrogens with one attached hydrogen (secondary N) is 1. The van der Waals surface area contributed by atoms with E-state index >= 15 is 0 Å². The molecule has 0 saturated heterocycles. The second kappa shape index (κ2) is 15.5. The van der Waals surface area contributed by atoms with Gasteiger partial charge in [0.2, 0.25) is 0 Å². The van der Waals surface area contributed by atoms with Crippen LogP contribution in [0.1, 0.15) is 96.8 Å². The Balaban J connectivity index is 1.49. The van der Waals surface area contributed by atoms with Crippen LogP contribution in [0.15, 0.2) is 35.0 Å². The minimum absolute atomic E-state index is 0.199. The number of allylic oxidation sites excluding steroid dienone is 2. The van der Waals surface area contributed by atoms with Gasteiger partial charge in [-0.25, -0.2) is 0 Å². The normalized spacial score (nSPS) is 11.6. The van der Waals surface area contributed by atoms with Crippen LogP contribution in [0, 0.1) is 0 Å². The topological polar surface area (TPSA) is 42.1 Å². The van der Waals surface area contributed by atoms with Crippen molar-refractivity contribution in [1.29, 1.82) is 0 Å². The molecular weight excluding hydrogens is 474 g/mol. The second-order valence-corrected chi connectivity index (χ2v) is 9.48. The van der Waals surface area contributed by atoms with Gasteiger partial charge >= 0.3 is 5.97 Å². The number of aromatic amines is 1. The smallest absolute Gasteiger partial charge is 0.311 e. The van der Waals surface area contributed by atoms with Gasteiger partial charge in [0.05, 0.1) is 15.9 Å². The molecule has 1 aromatic heterocycles. The maximum absolute atomic E-state index is 12.2. The fraction of sp³-hybridized carbons (Fsp3) is 0.577. The average Bonchev–Trinajstić information content (AvgIpc) is 3.16. The monoisotopic (exact) mass is 509 g/mol. The Morgan fingerprint density at radius 1 is 0.968 bits per heavy atom. The number of unbranched alkanes of at least 4 members (excludes halogenated alkanes) is 11. The van der Waals surface area contributed by atoms with Crippen LogP contribution in [-0.2, 0) is 4.79 Å². The van der Waals surface area contributed by atoms with Gasteiger partial charge in [-0.3, -0.25) is 4.79 Å². The number of H-pyrrole nitrogens is 1. The van der Waals surface area contributed by atoms with Gasteiger partial charge < -0.3 is 9.72 Å². The quantitative estimate of drug-likeness (QED) is 0.139. The lowest BCUT2D eigenvalue weighted by Crippen LogP contribution is -2.07. The molecule has 1 N–H and O–H groups in total. The van der Waals surface area contributed by atoms with Crippen molar-refractivity contribution >= 4 is 44.4 Å². The van der Waals surface area contributed by atoms with Crippen molar-refractivity contribution in [2.75, 3.05) is 0 Å². The van der Waals surface area contributed by atoms with Gasteiger partial charge in [0.1, 0.15) is 0 Å². The molecule has 0 bridgehead atoms. The number of fused-ring (bicyclic) bond motifs is 1. The first-order valence-electron chi connectivity index (χ1n) is 11.9. The molecule has 2 rings (SSSR count). The lowest BCUT2D eigenvalue weighted by atomic mass is 10.1. The fourth-order valence-electron chi connectivity index (χ4n) is 3.72. The van der Waals surface area contributed by atoms with E-state index in [1.807, 2.05) is 12.1 Å². The third-order valence-corrected chi connectivity index (χ3v) is 6.85. The first kappa shape index (κ1) is 26.0. The molecule has 0 aliphatic heterocycles. The number of rotatable bonds is 16. The fourth-order valence-corrected chi connectivity index (χ4v) is 4.31. The molecule has 1 heterocycles. The summed E-state index contributed by atoms with van der Waals surface area (Å²) in [6.07, 6.45) is 23.0. The molecule has 0 radical (unpaired) electrons. The SMILES string of the molecule is CCCCCCCC/C=C\CCCCCCCC(=O)Oc1c[nH]c2ccc(Br)c(Cl)c12. The van der Waals surface area contributed by atoms with Crippen LogP contribution in [0.3, 0.4) is 0 Å². The molecule has 0 fully saturated rings. The molecule has 5 heteroatoms. The molecule has 3 nitrogen and oxygen atoms in total. The van der Waals surface area contributed by atoms with Crippen LogP contribution in [0.4, 0.5) is 0 Å². The van der Waals surface area contributed by atoms with Gasteiger partial charge in [0, 0.05) is 17.1 Å². The Bertz CT molecular complexity index is 815. The molecule has 0 amide bonds. The van der Waals surface area contributed by atoms with E-state index in [-0.39, 0.29) is 5.97 Å². The van der Waals surface area contributed by atoms with Crippen LogP contribution < -0.4 is 4.74 Å². The maximum Gasteiger partial charge on any atom is 0.311 e. The summed E-state index contributed by atoms with van der Waals surface area (Å²) >= 11 is 9.75. The molecule has 31 heavy (non-hydrogen) atoms. The number of benzene rings is 1. The van der Waals surface area contributed by atoms with Crippen molar-refractivity contribution in [3.05, 3.63) is 40.0 Å².